The Bertz CT molecular complexity index is 556. The predicted molar refractivity (Wildman–Crippen MR) is 73.0 cm³/mol. The molecule has 2 N–H and O–H groups in total. The lowest BCUT2D eigenvalue weighted by Crippen LogP contribution is -1.99. The van der Waals surface area contributed by atoms with E-state index in [1.54, 1.807) is 12.1 Å². The number of hydrogen-bond donors (Lipinski definition) is 2. The molecule has 0 fully saturated rings. The highest BCUT2D eigenvalue weighted by molar-refractivity contribution is 5.47. The van der Waals surface area contributed by atoms with Crippen LogP contribution in [-0.2, 0) is 6.54 Å². The molecule has 0 spiro atoms. The average Bonchev–Trinajstić information content (AvgIpc) is 2.46. The highest BCUT2D eigenvalue weighted by Crippen LogP contribution is 2.17. The van der Waals surface area contributed by atoms with Crippen LogP contribution in [0.3, 0.4) is 0 Å². The van der Waals surface area contributed by atoms with Crippen LogP contribution in [0.4, 0.5) is 5.69 Å². The summed E-state index contributed by atoms with van der Waals surface area (Å²) in [5.74, 6) is 0.944. The monoisotopic (exact) mass is 254 g/mol. The van der Waals surface area contributed by atoms with Crippen LogP contribution in [0.15, 0.2) is 48.5 Å². The maximum Gasteiger partial charge on any atom is 0.174 e. The van der Waals surface area contributed by atoms with Gasteiger partial charge in [-0.3, -0.25) is 0 Å². The third-order valence-corrected chi connectivity index (χ3v) is 2.59. The fourth-order valence-electron chi connectivity index (χ4n) is 1.60. The van der Waals surface area contributed by atoms with Gasteiger partial charge < -0.3 is 15.2 Å². The second-order valence-electron chi connectivity index (χ2n) is 3.99. The van der Waals surface area contributed by atoms with E-state index in [-0.39, 0.29) is 12.4 Å². The Hall–Kier alpha value is -2.67. The number of nitrogens with zero attached hydrogens (tertiary/aromatic N) is 1. The maximum absolute atomic E-state index is 9.19. The summed E-state index contributed by atoms with van der Waals surface area (Å²) in [6.45, 7) is 0.735. The predicted octanol–water partition coefficient (Wildman–Crippen LogP) is 2.91. The molecule has 0 heterocycles. The number of nitriles is 1. The van der Waals surface area contributed by atoms with Crippen molar-refractivity contribution < 1.29 is 9.84 Å². The summed E-state index contributed by atoms with van der Waals surface area (Å²) in [5, 5.41) is 20.9. The molecule has 2 aromatic rings. The van der Waals surface area contributed by atoms with Crippen LogP contribution >= 0.6 is 0 Å². The van der Waals surface area contributed by atoms with Gasteiger partial charge in [0, 0.05) is 12.2 Å². The topological polar surface area (TPSA) is 65.3 Å². The van der Waals surface area contributed by atoms with Gasteiger partial charge in [0.25, 0.3) is 0 Å². The van der Waals surface area contributed by atoms with Gasteiger partial charge in [0.1, 0.15) is 17.6 Å². The van der Waals surface area contributed by atoms with Crippen molar-refractivity contribution in [2.75, 3.05) is 11.9 Å². The summed E-state index contributed by atoms with van der Waals surface area (Å²) < 4.78 is 5.17. The first-order valence-electron chi connectivity index (χ1n) is 5.89. The normalized spacial score (nSPS) is 9.63. The zero-order valence-electron chi connectivity index (χ0n) is 10.3. The van der Waals surface area contributed by atoms with Gasteiger partial charge >= 0.3 is 0 Å². The number of ether oxygens (including phenoxy) is 1. The Balaban J connectivity index is 1.89. The molecule has 2 rings (SSSR count). The zero-order chi connectivity index (χ0) is 13.5. The highest BCUT2D eigenvalue weighted by atomic mass is 16.5. The molecular formula is C15H14N2O2. The molecule has 0 aromatic heterocycles. The van der Waals surface area contributed by atoms with Gasteiger partial charge in [-0.25, -0.2) is 0 Å². The fourth-order valence-corrected chi connectivity index (χ4v) is 1.60. The molecule has 0 aliphatic carbocycles. The number of phenolic OH excluding ortho intramolecular Hbond substituents is 1. The van der Waals surface area contributed by atoms with E-state index in [1.165, 1.54) is 0 Å². The molecule has 0 saturated carbocycles. The number of phenols is 1. The number of anilines is 1. The standard InChI is InChI=1S/C15H14N2O2/c16-9-10-19-15-7-3-13(4-8-15)17-11-12-1-5-14(18)6-2-12/h1-8,17-18H,10-11H2. The largest absolute Gasteiger partial charge is 0.508 e. The van der Waals surface area contributed by atoms with Crippen LogP contribution < -0.4 is 10.1 Å². The number of hydrogen-bond acceptors (Lipinski definition) is 4. The second kappa shape index (κ2) is 6.31. The summed E-state index contributed by atoms with van der Waals surface area (Å²) in [7, 11) is 0. The molecule has 4 nitrogen and oxygen atoms in total. The lowest BCUT2D eigenvalue weighted by molar-refractivity contribution is 0.368. The molecule has 2 aromatic carbocycles. The Kier molecular flexibility index (Phi) is 4.25. The quantitative estimate of drug-likeness (QED) is 0.861. The molecule has 96 valence electrons. The van der Waals surface area contributed by atoms with Crippen LogP contribution in [0.2, 0.25) is 0 Å². The molecule has 0 atom stereocenters. The number of aromatic hydroxyl groups is 1. The minimum absolute atomic E-state index is 0.0558. The molecule has 0 aliphatic rings. The van der Waals surface area contributed by atoms with E-state index in [1.807, 2.05) is 42.5 Å². The van der Waals surface area contributed by atoms with Gasteiger partial charge in [0.15, 0.2) is 6.61 Å². The molecule has 0 radical (unpaired) electrons. The Morgan fingerprint density at radius 3 is 2.37 bits per heavy atom. The van der Waals surface area contributed by atoms with Crippen molar-refractivity contribution in [1.29, 1.82) is 5.26 Å². The van der Waals surface area contributed by atoms with Crippen molar-refractivity contribution in [2.45, 2.75) is 6.54 Å². The first-order chi connectivity index (χ1) is 9.28. The van der Waals surface area contributed by atoms with E-state index in [9.17, 15) is 5.11 Å². The van der Waals surface area contributed by atoms with Gasteiger partial charge in [0.05, 0.1) is 0 Å². The van der Waals surface area contributed by atoms with Crippen molar-refractivity contribution in [3.63, 3.8) is 0 Å². The Morgan fingerprint density at radius 1 is 1.05 bits per heavy atom. The minimum Gasteiger partial charge on any atom is -0.508 e. The third-order valence-electron chi connectivity index (χ3n) is 2.59. The van der Waals surface area contributed by atoms with Gasteiger partial charge in [0.2, 0.25) is 0 Å². The van der Waals surface area contributed by atoms with Crippen molar-refractivity contribution in [1.82, 2.24) is 0 Å². The van der Waals surface area contributed by atoms with E-state index < -0.39 is 0 Å². The molecule has 0 aliphatic heterocycles. The smallest absolute Gasteiger partial charge is 0.174 e. The van der Waals surface area contributed by atoms with E-state index in [2.05, 4.69) is 5.32 Å². The molecular weight excluding hydrogens is 240 g/mol. The zero-order valence-corrected chi connectivity index (χ0v) is 10.3. The van der Waals surface area contributed by atoms with Crippen LogP contribution in [0.1, 0.15) is 5.56 Å². The van der Waals surface area contributed by atoms with Gasteiger partial charge in [-0.05, 0) is 42.0 Å². The van der Waals surface area contributed by atoms with Crippen molar-refractivity contribution in [3.8, 4) is 17.6 Å². The third kappa shape index (κ3) is 3.93. The van der Waals surface area contributed by atoms with E-state index in [4.69, 9.17) is 10.00 Å². The average molecular weight is 254 g/mol. The molecule has 19 heavy (non-hydrogen) atoms. The van der Waals surface area contributed by atoms with Crippen molar-refractivity contribution >= 4 is 5.69 Å². The van der Waals surface area contributed by atoms with Crippen LogP contribution in [0.5, 0.6) is 11.5 Å². The van der Waals surface area contributed by atoms with Crippen LogP contribution in [-0.4, -0.2) is 11.7 Å². The number of nitrogens with one attached hydrogen (secondary N) is 1. The fraction of sp³-hybridized carbons (Fsp3) is 0.133. The van der Waals surface area contributed by atoms with E-state index >= 15 is 0 Å². The lowest BCUT2D eigenvalue weighted by Gasteiger charge is -2.08. The number of rotatable bonds is 5. The molecule has 0 bridgehead atoms. The summed E-state index contributed by atoms with van der Waals surface area (Å²) in [6, 6.07) is 16.4. The first-order valence-corrected chi connectivity index (χ1v) is 5.89. The molecule has 0 unspecified atom stereocenters. The van der Waals surface area contributed by atoms with E-state index in [0.717, 1.165) is 11.3 Å². The highest BCUT2D eigenvalue weighted by Gasteiger charge is 1.96. The second-order valence-corrected chi connectivity index (χ2v) is 3.99. The number of benzene rings is 2. The SMILES string of the molecule is N#CCOc1ccc(NCc2ccc(O)cc2)cc1. The van der Waals surface area contributed by atoms with Crippen molar-refractivity contribution in [3.05, 3.63) is 54.1 Å². The lowest BCUT2D eigenvalue weighted by atomic mass is 10.2. The van der Waals surface area contributed by atoms with Crippen molar-refractivity contribution in [2.24, 2.45) is 0 Å². The summed E-state index contributed by atoms with van der Waals surface area (Å²) in [5.41, 5.74) is 2.06. The Morgan fingerprint density at radius 2 is 1.74 bits per heavy atom. The van der Waals surface area contributed by atoms with E-state index in [0.29, 0.717) is 12.3 Å². The molecule has 0 amide bonds. The van der Waals surface area contributed by atoms with Gasteiger partial charge in [-0.1, -0.05) is 12.1 Å². The van der Waals surface area contributed by atoms with Crippen LogP contribution in [0, 0.1) is 11.3 Å². The Labute approximate surface area is 111 Å². The minimum atomic E-state index is 0.0558. The van der Waals surface area contributed by atoms with Crippen LogP contribution in [0.25, 0.3) is 0 Å². The molecule has 4 heteroatoms. The first kappa shape index (κ1) is 12.8. The molecule has 0 saturated heterocycles. The summed E-state index contributed by atoms with van der Waals surface area (Å²) in [6.07, 6.45) is 0. The summed E-state index contributed by atoms with van der Waals surface area (Å²) in [4.78, 5) is 0. The van der Waals surface area contributed by atoms with Gasteiger partial charge in [-0.2, -0.15) is 5.26 Å². The summed E-state index contributed by atoms with van der Waals surface area (Å²) >= 11 is 0. The van der Waals surface area contributed by atoms with Gasteiger partial charge in [-0.15, -0.1) is 0 Å². The maximum atomic E-state index is 9.19.